The molecule has 0 atom stereocenters. The SMILES string of the molecule is CCCC[P+](CCCC)(CCCC)CCCC.CCCC[P+](CCCC)(CCCC)CCCC.O=S(=O)([O-])[O-]. The second kappa shape index (κ2) is 30.2. The molecule has 0 aliphatic rings. The summed E-state index contributed by atoms with van der Waals surface area (Å²) < 4.78 is 34.1. The average Bonchev–Trinajstić information content (AvgIpc) is 2.91. The Bertz CT molecular complexity index is 466. The van der Waals surface area contributed by atoms with Crippen LogP contribution < -0.4 is 0 Å². The Hall–Kier alpha value is 0.730. The van der Waals surface area contributed by atoms with Gasteiger partial charge in [0.15, 0.2) is 0 Å². The molecule has 0 fully saturated rings. The van der Waals surface area contributed by atoms with Crippen molar-refractivity contribution < 1.29 is 17.5 Å². The first-order chi connectivity index (χ1) is 18.5. The van der Waals surface area contributed by atoms with Crippen LogP contribution in [0.25, 0.3) is 0 Å². The molecule has 240 valence electrons. The Kier molecular flexibility index (Phi) is 34.2. The molecule has 4 nitrogen and oxygen atoms in total. The molecule has 0 aromatic heterocycles. The van der Waals surface area contributed by atoms with Crippen LogP contribution in [-0.4, -0.2) is 66.8 Å². The average molecular weight is 615 g/mol. The molecular formula is C32H72O4P2S. The van der Waals surface area contributed by atoms with Crippen molar-refractivity contribution in [3.8, 4) is 0 Å². The highest BCUT2D eigenvalue weighted by Crippen LogP contribution is 2.62. The smallest absolute Gasteiger partial charge is 0.0594 e. The summed E-state index contributed by atoms with van der Waals surface area (Å²) in [5.41, 5.74) is 0. The van der Waals surface area contributed by atoms with Gasteiger partial charge in [-0.25, -0.2) is 0 Å². The van der Waals surface area contributed by atoms with Gasteiger partial charge in [0.05, 0.1) is 49.3 Å². The molecular weight excluding hydrogens is 542 g/mol. The summed E-state index contributed by atoms with van der Waals surface area (Å²) in [6.45, 7) is 18.8. The van der Waals surface area contributed by atoms with Crippen molar-refractivity contribution in [1.29, 1.82) is 0 Å². The van der Waals surface area contributed by atoms with Crippen LogP contribution in [0.4, 0.5) is 0 Å². The Labute approximate surface area is 249 Å². The van der Waals surface area contributed by atoms with Crippen molar-refractivity contribution in [2.75, 3.05) is 49.3 Å². The van der Waals surface area contributed by atoms with E-state index in [2.05, 4.69) is 55.4 Å². The number of hydrogen-bond donors (Lipinski definition) is 0. The molecule has 0 aromatic carbocycles. The van der Waals surface area contributed by atoms with E-state index in [1.807, 2.05) is 0 Å². The van der Waals surface area contributed by atoms with Crippen molar-refractivity contribution in [2.45, 2.75) is 158 Å². The van der Waals surface area contributed by atoms with Crippen LogP contribution in [0.15, 0.2) is 0 Å². The van der Waals surface area contributed by atoms with E-state index in [-0.39, 0.29) is 0 Å². The normalized spacial score (nSPS) is 11.9. The summed E-state index contributed by atoms with van der Waals surface area (Å²) in [5.74, 6) is 0. The number of unbranched alkanes of at least 4 members (excludes halogenated alkanes) is 8. The van der Waals surface area contributed by atoms with E-state index in [0.717, 1.165) is 0 Å². The zero-order valence-electron chi connectivity index (χ0n) is 27.9. The van der Waals surface area contributed by atoms with Gasteiger partial charge in [-0.2, -0.15) is 0 Å². The monoisotopic (exact) mass is 614 g/mol. The van der Waals surface area contributed by atoms with Crippen LogP contribution in [0, 0.1) is 0 Å². The fourth-order valence-corrected chi connectivity index (χ4v) is 15.9. The van der Waals surface area contributed by atoms with Gasteiger partial charge >= 0.3 is 0 Å². The molecule has 0 saturated carbocycles. The quantitative estimate of drug-likeness (QED) is 0.0615. The van der Waals surface area contributed by atoms with Crippen molar-refractivity contribution in [3.63, 3.8) is 0 Å². The maximum Gasteiger partial charge on any atom is 0.0594 e. The number of rotatable bonds is 24. The molecule has 0 aromatic rings. The Morgan fingerprint density at radius 3 is 0.538 bits per heavy atom. The fourth-order valence-electron chi connectivity index (χ4n) is 5.29. The molecule has 39 heavy (non-hydrogen) atoms. The third kappa shape index (κ3) is 31.5. The van der Waals surface area contributed by atoms with E-state index in [9.17, 15) is 0 Å². The third-order valence-electron chi connectivity index (χ3n) is 7.89. The molecule has 0 saturated heterocycles. The van der Waals surface area contributed by atoms with Gasteiger partial charge in [-0.3, -0.25) is 8.42 Å². The lowest BCUT2D eigenvalue weighted by Crippen LogP contribution is -2.12. The predicted molar refractivity (Wildman–Crippen MR) is 183 cm³/mol. The molecule has 0 aliphatic heterocycles. The van der Waals surface area contributed by atoms with Gasteiger partial charge < -0.3 is 9.11 Å². The van der Waals surface area contributed by atoms with E-state index in [1.165, 1.54) is 103 Å². The summed E-state index contributed by atoms with van der Waals surface area (Å²) >= 11 is 0. The molecule has 0 amide bonds. The van der Waals surface area contributed by atoms with E-state index in [4.69, 9.17) is 17.5 Å². The zero-order chi connectivity index (χ0) is 30.5. The van der Waals surface area contributed by atoms with Crippen molar-refractivity contribution in [1.82, 2.24) is 0 Å². The molecule has 0 bridgehead atoms. The largest absolute Gasteiger partial charge is 0.759 e. The Morgan fingerprint density at radius 2 is 0.462 bits per heavy atom. The van der Waals surface area contributed by atoms with Gasteiger partial charge in [-0.05, 0) is 51.4 Å². The lowest BCUT2D eigenvalue weighted by molar-refractivity contribution is 0.352. The molecule has 0 N–H and O–H groups in total. The molecule has 0 rings (SSSR count). The lowest BCUT2D eigenvalue weighted by Gasteiger charge is -2.28. The van der Waals surface area contributed by atoms with Crippen LogP contribution in [0.1, 0.15) is 158 Å². The molecule has 0 aliphatic carbocycles. The van der Waals surface area contributed by atoms with Gasteiger partial charge in [0.1, 0.15) is 0 Å². The van der Waals surface area contributed by atoms with Crippen LogP contribution in [0.2, 0.25) is 0 Å². The highest BCUT2D eigenvalue weighted by molar-refractivity contribution is 7.79. The second-order valence-corrected chi connectivity index (χ2v) is 21.5. The van der Waals surface area contributed by atoms with E-state index in [0.29, 0.717) is 0 Å². The van der Waals surface area contributed by atoms with Crippen molar-refractivity contribution >= 4 is 24.9 Å². The first-order valence-corrected chi connectivity index (χ1v) is 23.2. The first kappa shape index (κ1) is 44.2. The highest BCUT2D eigenvalue weighted by Gasteiger charge is 2.35. The van der Waals surface area contributed by atoms with Gasteiger partial charge in [-0.15, -0.1) is 0 Å². The summed E-state index contributed by atoms with van der Waals surface area (Å²) in [6.07, 6.45) is 35.9. The molecule has 0 radical (unpaired) electrons. The van der Waals surface area contributed by atoms with Crippen molar-refractivity contribution in [2.24, 2.45) is 0 Å². The van der Waals surface area contributed by atoms with Crippen LogP contribution in [0.5, 0.6) is 0 Å². The second-order valence-electron chi connectivity index (χ2n) is 11.7. The zero-order valence-corrected chi connectivity index (χ0v) is 30.5. The lowest BCUT2D eigenvalue weighted by atomic mass is 10.4. The van der Waals surface area contributed by atoms with E-state index >= 15 is 0 Å². The summed E-state index contributed by atoms with van der Waals surface area (Å²) in [4.78, 5) is 0. The highest BCUT2D eigenvalue weighted by atomic mass is 32.3. The standard InChI is InChI=1S/2C16H36P.H2O4S/c2*1-5-9-13-17(14-10-6-2,15-11-7-3)16-12-8-4;1-5(2,3)4/h2*5-16H2,1-4H3;(H2,1,2,3,4)/q2*+1;/p-2. The van der Waals surface area contributed by atoms with E-state index < -0.39 is 24.9 Å². The molecule has 0 spiro atoms. The minimum Gasteiger partial charge on any atom is -0.759 e. The maximum absolute atomic E-state index is 8.52. The summed E-state index contributed by atoms with van der Waals surface area (Å²) in [6, 6.07) is 0. The van der Waals surface area contributed by atoms with Gasteiger partial charge in [-0.1, -0.05) is 107 Å². The van der Waals surface area contributed by atoms with Gasteiger partial charge in [0.2, 0.25) is 0 Å². The van der Waals surface area contributed by atoms with Crippen molar-refractivity contribution in [3.05, 3.63) is 0 Å². The van der Waals surface area contributed by atoms with Crippen LogP contribution in [-0.2, 0) is 10.4 Å². The van der Waals surface area contributed by atoms with E-state index in [1.54, 1.807) is 49.3 Å². The summed E-state index contributed by atoms with van der Waals surface area (Å²) in [7, 11) is -6.29. The predicted octanol–water partition coefficient (Wildman–Crippen LogP) is 11.1. The van der Waals surface area contributed by atoms with Gasteiger partial charge in [0, 0.05) is 24.9 Å². The van der Waals surface area contributed by atoms with Crippen LogP contribution >= 0.6 is 14.5 Å². The van der Waals surface area contributed by atoms with Crippen LogP contribution in [0.3, 0.4) is 0 Å². The first-order valence-electron chi connectivity index (χ1n) is 16.9. The topological polar surface area (TPSA) is 80.3 Å². The Morgan fingerprint density at radius 1 is 0.359 bits per heavy atom. The molecule has 0 unspecified atom stereocenters. The minimum absolute atomic E-state index is 0.562. The molecule has 0 heterocycles. The van der Waals surface area contributed by atoms with Gasteiger partial charge in [0.25, 0.3) is 0 Å². The Balaban J connectivity index is -0.000000566. The molecule has 7 heteroatoms. The third-order valence-corrected chi connectivity index (χ3v) is 18.0. The fraction of sp³-hybridized carbons (Fsp3) is 1.00. The summed E-state index contributed by atoms with van der Waals surface area (Å²) in [5, 5.41) is 0. The minimum atomic E-state index is -5.17. The maximum atomic E-state index is 8.52. The number of hydrogen-bond acceptors (Lipinski definition) is 4.